The van der Waals surface area contributed by atoms with Gasteiger partial charge in [0, 0.05) is 57.8 Å². The van der Waals surface area contributed by atoms with Gasteiger partial charge in [-0.25, -0.2) is 9.82 Å². The van der Waals surface area contributed by atoms with Crippen LogP contribution in [0.2, 0.25) is 0 Å². The maximum atomic E-state index is 13.7. The van der Waals surface area contributed by atoms with Crippen LogP contribution in [0, 0.1) is 11.7 Å². The second-order valence-corrected chi connectivity index (χ2v) is 8.20. The molecule has 2 aliphatic heterocycles. The summed E-state index contributed by atoms with van der Waals surface area (Å²) in [5.41, 5.74) is 8.90. The summed E-state index contributed by atoms with van der Waals surface area (Å²) in [5, 5.41) is 9.59. The lowest BCUT2D eigenvalue weighted by atomic mass is 9.93. The van der Waals surface area contributed by atoms with Crippen molar-refractivity contribution in [3.05, 3.63) is 71.5 Å². The summed E-state index contributed by atoms with van der Waals surface area (Å²) in [7, 11) is 0. The summed E-state index contributed by atoms with van der Waals surface area (Å²) >= 11 is 0. The molecule has 2 aromatic rings. The molecule has 0 bridgehead atoms. The summed E-state index contributed by atoms with van der Waals surface area (Å²) in [6, 6.07) is 17.9. The number of hydrogen-bond acceptors (Lipinski definition) is 5. The van der Waals surface area contributed by atoms with Crippen LogP contribution in [-0.2, 0) is 6.54 Å². The van der Waals surface area contributed by atoms with Gasteiger partial charge in [-0.05, 0) is 29.7 Å². The molecule has 0 radical (unpaired) electrons. The third-order valence-corrected chi connectivity index (χ3v) is 6.17. The molecule has 0 amide bonds. The Morgan fingerprint density at radius 3 is 2.72 bits per heavy atom. The third-order valence-electron chi connectivity index (χ3n) is 6.17. The summed E-state index contributed by atoms with van der Waals surface area (Å²) in [6.45, 7) is 5.94. The zero-order valence-electron chi connectivity index (χ0n) is 16.8. The Labute approximate surface area is 172 Å². The molecule has 2 aromatic carbocycles. The highest BCUT2D eigenvalue weighted by molar-refractivity contribution is 5.22. The van der Waals surface area contributed by atoms with Gasteiger partial charge in [-0.3, -0.25) is 10.3 Å². The van der Waals surface area contributed by atoms with Crippen molar-refractivity contribution in [3.8, 4) is 0 Å². The standard InChI is InChI=1S/C23H31FN4O/c24-21-8-4-7-19(13-21)23-20(14-25-26-23)16-27-10-11-28(22(17-27)9-12-29)15-18-5-2-1-3-6-18/h1-8,13,20,22-23,25-26,29H,9-12,14-17H2. The van der Waals surface area contributed by atoms with E-state index in [1.54, 1.807) is 12.1 Å². The smallest absolute Gasteiger partial charge is 0.123 e. The Hall–Kier alpha value is -1.83. The normalized spacial score (nSPS) is 26.1. The van der Waals surface area contributed by atoms with Crippen LogP contribution < -0.4 is 10.9 Å². The van der Waals surface area contributed by atoms with E-state index in [4.69, 9.17) is 0 Å². The molecule has 3 atom stereocenters. The first-order valence-corrected chi connectivity index (χ1v) is 10.6. The minimum Gasteiger partial charge on any atom is -0.396 e. The molecule has 4 rings (SSSR count). The number of nitrogens with one attached hydrogen (secondary N) is 2. The van der Waals surface area contributed by atoms with E-state index in [0.29, 0.717) is 12.0 Å². The number of rotatable bonds is 7. The molecule has 156 valence electrons. The van der Waals surface area contributed by atoms with E-state index in [-0.39, 0.29) is 18.5 Å². The lowest BCUT2D eigenvalue weighted by Gasteiger charge is -2.42. The lowest BCUT2D eigenvalue weighted by Crippen LogP contribution is -2.54. The SMILES string of the molecule is OCCC1CN(CC2CNNC2c2cccc(F)c2)CCN1Cc1ccccc1. The van der Waals surface area contributed by atoms with E-state index in [1.807, 2.05) is 12.1 Å². The highest BCUT2D eigenvalue weighted by Gasteiger charge is 2.33. The summed E-state index contributed by atoms with van der Waals surface area (Å²) in [4.78, 5) is 5.00. The maximum absolute atomic E-state index is 13.7. The second-order valence-electron chi connectivity index (χ2n) is 8.20. The molecule has 5 nitrogen and oxygen atoms in total. The largest absolute Gasteiger partial charge is 0.396 e. The Kier molecular flexibility index (Phi) is 6.90. The average Bonchev–Trinajstić information content (AvgIpc) is 3.19. The molecule has 3 N–H and O–H groups in total. The van der Waals surface area contributed by atoms with Crippen LogP contribution in [-0.4, -0.2) is 60.3 Å². The van der Waals surface area contributed by atoms with Crippen molar-refractivity contribution in [1.29, 1.82) is 0 Å². The number of benzene rings is 2. The Balaban J connectivity index is 1.38. The van der Waals surface area contributed by atoms with Crippen molar-refractivity contribution >= 4 is 0 Å². The summed E-state index contributed by atoms with van der Waals surface area (Å²) < 4.78 is 13.7. The first-order chi connectivity index (χ1) is 14.2. The van der Waals surface area contributed by atoms with Crippen LogP contribution in [0.1, 0.15) is 23.6 Å². The molecule has 2 aliphatic rings. The maximum Gasteiger partial charge on any atom is 0.123 e. The fourth-order valence-electron chi connectivity index (χ4n) is 4.66. The van der Waals surface area contributed by atoms with Gasteiger partial charge in [0.05, 0.1) is 6.04 Å². The minimum absolute atomic E-state index is 0.115. The molecule has 6 heteroatoms. The number of piperazine rings is 1. The van der Waals surface area contributed by atoms with Crippen LogP contribution in [0.3, 0.4) is 0 Å². The van der Waals surface area contributed by atoms with Crippen LogP contribution in [0.5, 0.6) is 0 Å². The molecule has 0 spiro atoms. The highest BCUT2D eigenvalue weighted by Crippen LogP contribution is 2.27. The van der Waals surface area contributed by atoms with Gasteiger partial charge < -0.3 is 10.0 Å². The number of hydrogen-bond donors (Lipinski definition) is 3. The van der Waals surface area contributed by atoms with Crippen LogP contribution in [0.25, 0.3) is 0 Å². The van der Waals surface area contributed by atoms with E-state index in [0.717, 1.165) is 51.3 Å². The van der Waals surface area contributed by atoms with Gasteiger partial charge in [0.1, 0.15) is 5.82 Å². The van der Waals surface area contributed by atoms with Gasteiger partial charge in [-0.2, -0.15) is 0 Å². The number of hydrazine groups is 1. The van der Waals surface area contributed by atoms with Crippen molar-refractivity contribution in [2.75, 3.05) is 39.3 Å². The molecule has 2 fully saturated rings. The summed E-state index contributed by atoms with van der Waals surface area (Å²) in [6.07, 6.45) is 0.790. The molecular formula is C23H31FN4O. The van der Waals surface area contributed by atoms with Gasteiger partial charge in [0.15, 0.2) is 0 Å². The minimum atomic E-state index is -0.188. The average molecular weight is 399 g/mol. The fourth-order valence-corrected chi connectivity index (χ4v) is 4.66. The number of aliphatic hydroxyl groups is 1. The van der Waals surface area contributed by atoms with Crippen molar-refractivity contribution in [1.82, 2.24) is 20.7 Å². The molecule has 0 aliphatic carbocycles. The van der Waals surface area contributed by atoms with Gasteiger partial charge in [0.25, 0.3) is 0 Å². The van der Waals surface area contributed by atoms with E-state index in [9.17, 15) is 9.50 Å². The van der Waals surface area contributed by atoms with Crippen molar-refractivity contribution < 1.29 is 9.50 Å². The second kappa shape index (κ2) is 9.78. The van der Waals surface area contributed by atoms with Gasteiger partial charge >= 0.3 is 0 Å². The van der Waals surface area contributed by atoms with Gasteiger partial charge in [-0.1, -0.05) is 42.5 Å². The molecule has 2 heterocycles. The van der Waals surface area contributed by atoms with Crippen LogP contribution >= 0.6 is 0 Å². The van der Waals surface area contributed by atoms with Crippen molar-refractivity contribution in [2.45, 2.75) is 25.0 Å². The summed E-state index contributed by atoms with van der Waals surface area (Å²) in [5.74, 6) is 0.194. The Morgan fingerprint density at radius 1 is 1.07 bits per heavy atom. The monoisotopic (exact) mass is 398 g/mol. The molecule has 29 heavy (non-hydrogen) atoms. The zero-order valence-corrected chi connectivity index (χ0v) is 16.8. The molecule has 3 unspecified atom stereocenters. The first kappa shape index (κ1) is 20.4. The fraction of sp³-hybridized carbons (Fsp3) is 0.478. The van der Waals surface area contributed by atoms with E-state index in [2.05, 4.69) is 44.9 Å². The van der Waals surface area contributed by atoms with E-state index in [1.165, 1.54) is 11.6 Å². The van der Waals surface area contributed by atoms with E-state index >= 15 is 0 Å². The van der Waals surface area contributed by atoms with Gasteiger partial charge in [0.2, 0.25) is 0 Å². The number of halogens is 1. The number of aliphatic hydroxyl groups excluding tert-OH is 1. The topological polar surface area (TPSA) is 50.8 Å². The quantitative estimate of drug-likeness (QED) is 0.667. The Morgan fingerprint density at radius 2 is 1.93 bits per heavy atom. The molecule has 0 saturated carbocycles. The number of nitrogens with zero attached hydrogens (tertiary/aromatic N) is 2. The third kappa shape index (κ3) is 5.21. The Bertz CT molecular complexity index is 774. The molecule has 0 aromatic heterocycles. The van der Waals surface area contributed by atoms with Crippen LogP contribution in [0.15, 0.2) is 54.6 Å². The molecule has 2 saturated heterocycles. The predicted molar refractivity (Wildman–Crippen MR) is 113 cm³/mol. The zero-order chi connectivity index (χ0) is 20.1. The van der Waals surface area contributed by atoms with Gasteiger partial charge in [-0.15, -0.1) is 0 Å². The van der Waals surface area contributed by atoms with Crippen molar-refractivity contribution in [2.24, 2.45) is 5.92 Å². The molecular weight excluding hydrogens is 367 g/mol. The lowest BCUT2D eigenvalue weighted by molar-refractivity contribution is 0.0457. The first-order valence-electron chi connectivity index (χ1n) is 10.6. The predicted octanol–water partition coefficient (Wildman–Crippen LogP) is 2.16. The van der Waals surface area contributed by atoms with E-state index < -0.39 is 0 Å². The highest BCUT2D eigenvalue weighted by atomic mass is 19.1. The van der Waals surface area contributed by atoms with Crippen molar-refractivity contribution in [3.63, 3.8) is 0 Å². The van der Waals surface area contributed by atoms with Crippen LogP contribution in [0.4, 0.5) is 4.39 Å².